The monoisotopic (exact) mass is 464 g/mol. The summed E-state index contributed by atoms with van der Waals surface area (Å²) in [6.07, 6.45) is 0.633. The lowest BCUT2D eigenvalue weighted by atomic mass is 9.86. The van der Waals surface area contributed by atoms with Crippen molar-refractivity contribution in [1.29, 1.82) is 0 Å². The summed E-state index contributed by atoms with van der Waals surface area (Å²) in [6, 6.07) is 19.8. The lowest BCUT2D eigenvalue weighted by molar-refractivity contribution is -0.139. The Morgan fingerprint density at radius 1 is 0.879 bits per heavy atom. The zero-order chi connectivity index (χ0) is 24.2. The summed E-state index contributed by atoms with van der Waals surface area (Å²) in [4.78, 5) is 25.9. The van der Waals surface area contributed by atoms with Crippen LogP contribution in [0.25, 0.3) is 11.6 Å². The van der Waals surface area contributed by atoms with Gasteiger partial charge in [-0.1, -0.05) is 80.9 Å². The maximum Gasteiger partial charge on any atom is 0.339 e. The molecule has 1 unspecified atom stereocenters. The van der Waals surface area contributed by atoms with Gasteiger partial charge in [0.25, 0.3) is 0 Å². The molecule has 3 aromatic carbocycles. The summed E-state index contributed by atoms with van der Waals surface area (Å²) in [7, 11) is 0. The van der Waals surface area contributed by atoms with Crippen LogP contribution in [0.3, 0.4) is 0 Å². The molecule has 3 aromatic rings. The Morgan fingerprint density at radius 2 is 1.42 bits per heavy atom. The summed E-state index contributed by atoms with van der Waals surface area (Å²) in [6.45, 7) is 7.83. The van der Waals surface area contributed by atoms with Crippen LogP contribution >= 0.6 is 11.6 Å². The van der Waals surface area contributed by atoms with E-state index in [0.29, 0.717) is 21.7 Å². The van der Waals surface area contributed by atoms with E-state index in [4.69, 9.17) is 16.3 Å². The van der Waals surface area contributed by atoms with Gasteiger partial charge in [-0.25, -0.2) is 9.18 Å². The second kappa shape index (κ2) is 10.1. The molecule has 0 heterocycles. The summed E-state index contributed by atoms with van der Waals surface area (Å²) in [5.41, 5.74) is 2.94. The Labute approximate surface area is 198 Å². The van der Waals surface area contributed by atoms with E-state index < -0.39 is 17.9 Å². The van der Waals surface area contributed by atoms with Crippen LogP contribution in [-0.2, 0) is 14.9 Å². The predicted molar refractivity (Wildman–Crippen MR) is 131 cm³/mol. The molecule has 0 aliphatic carbocycles. The minimum Gasteiger partial charge on any atom is -0.451 e. The van der Waals surface area contributed by atoms with Crippen LogP contribution in [0, 0.1) is 5.82 Å². The number of ketones is 1. The first-order valence-electron chi connectivity index (χ1n) is 10.6. The molecular weight excluding hydrogens is 439 g/mol. The van der Waals surface area contributed by atoms with Crippen molar-refractivity contribution in [2.45, 2.75) is 39.2 Å². The first kappa shape index (κ1) is 24.4. The molecule has 0 fully saturated rings. The molecule has 0 saturated carbocycles. The molecular formula is C28H26ClFO3. The molecule has 0 saturated heterocycles. The summed E-state index contributed by atoms with van der Waals surface area (Å²) < 4.78 is 19.0. The molecule has 170 valence electrons. The Bertz CT molecular complexity index is 1160. The van der Waals surface area contributed by atoms with Crippen molar-refractivity contribution in [2.75, 3.05) is 0 Å². The van der Waals surface area contributed by atoms with Gasteiger partial charge < -0.3 is 4.74 Å². The van der Waals surface area contributed by atoms with Crippen molar-refractivity contribution >= 4 is 35.0 Å². The van der Waals surface area contributed by atoms with Gasteiger partial charge in [0.1, 0.15) is 5.82 Å². The van der Waals surface area contributed by atoms with Gasteiger partial charge in [0.2, 0.25) is 5.78 Å². The van der Waals surface area contributed by atoms with Crippen LogP contribution in [0.5, 0.6) is 0 Å². The molecule has 0 N–H and O–H groups in total. The maximum atomic E-state index is 13.4. The number of carbonyl (C=O) groups excluding carboxylic acids is 2. The van der Waals surface area contributed by atoms with E-state index in [2.05, 4.69) is 20.8 Å². The third-order valence-corrected chi connectivity index (χ3v) is 5.50. The molecule has 5 heteroatoms. The van der Waals surface area contributed by atoms with Crippen molar-refractivity contribution in [3.05, 3.63) is 106 Å². The van der Waals surface area contributed by atoms with Crippen molar-refractivity contribution in [1.82, 2.24) is 0 Å². The second-order valence-electron chi connectivity index (χ2n) is 8.86. The first-order valence-corrected chi connectivity index (χ1v) is 11.0. The molecule has 3 nitrogen and oxygen atoms in total. The van der Waals surface area contributed by atoms with Crippen LogP contribution in [0.15, 0.2) is 72.8 Å². The van der Waals surface area contributed by atoms with E-state index in [9.17, 15) is 14.0 Å². The normalized spacial score (nSPS) is 12.8. The predicted octanol–water partition coefficient (Wildman–Crippen LogP) is 7.13. The average molecular weight is 465 g/mol. The number of carbonyl (C=O) groups is 2. The summed E-state index contributed by atoms with van der Waals surface area (Å²) in [5, 5.41) is 0.565. The topological polar surface area (TPSA) is 43.4 Å². The molecule has 0 radical (unpaired) electrons. The zero-order valence-electron chi connectivity index (χ0n) is 19.1. The highest BCUT2D eigenvalue weighted by molar-refractivity contribution is 6.30. The zero-order valence-corrected chi connectivity index (χ0v) is 19.8. The number of ether oxygens (including phenoxy) is 1. The van der Waals surface area contributed by atoms with Gasteiger partial charge in [-0.15, -0.1) is 0 Å². The minimum atomic E-state index is -0.993. The Morgan fingerprint density at radius 3 is 1.97 bits per heavy atom. The van der Waals surface area contributed by atoms with Gasteiger partial charge in [-0.2, -0.15) is 0 Å². The third-order valence-electron chi connectivity index (χ3n) is 5.24. The lowest BCUT2D eigenvalue weighted by Crippen LogP contribution is -2.25. The summed E-state index contributed by atoms with van der Waals surface area (Å²) >= 11 is 5.95. The highest BCUT2D eigenvalue weighted by Crippen LogP contribution is 2.24. The smallest absolute Gasteiger partial charge is 0.339 e. The van der Waals surface area contributed by atoms with Gasteiger partial charge >= 0.3 is 5.97 Å². The Balaban J connectivity index is 1.84. The number of benzene rings is 3. The second-order valence-corrected chi connectivity index (χ2v) is 9.29. The molecule has 33 heavy (non-hydrogen) atoms. The Hall–Kier alpha value is -3.24. The van der Waals surface area contributed by atoms with Crippen LogP contribution in [0.1, 0.15) is 54.7 Å². The molecule has 0 aliphatic rings. The van der Waals surface area contributed by atoms with Crippen LogP contribution in [0.4, 0.5) is 4.39 Å². The van der Waals surface area contributed by atoms with Crippen molar-refractivity contribution in [3.63, 3.8) is 0 Å². The minimum absolute atomic E-state index is 0.0316. The fourth-order valence-corrected chi connectivity index (χ4v) is 3.39. The molecule has 0 bridgehead atoms. The van der Waals surface area contributed by atoms with Crippen molar-refractivity contribution in [3.8, 4) is 0 Å². The number of hydrogen-bond donors (Lipinski definition) is 0. The molecule has 1 atom stereocenters. The first-order chi connectivity index (χ1) is 15.5. The molecule has 0 aromatic heterocycles. The van der Waals surface area contributed by atoms with Gasteiger partial charge in [0, 0.05) is 10.6 Å². The lowest BCUT2D eigenvalue weighted by Gasteiger charge is -2.19. The van der Waals surface area contributed by atoms with Crippen molar-refractivity contribution < 1.29 is 18.7 Å². The summed E-state index contributed by atoms with van der Waals surface area (Å²) in [5.74, 6) is -1.39. The molecule has 0 spiro atoms. The van der Waals surface area contributed by atoms with Gasteiger partial charge in [-0.3, -0.25) is 4.79 Å². The maximum absolute atomic E-state index is 13.4. The highest BCUT2D eigenvalue weighted by atomic mass is 35.5. The SMILES string of the molecule is CC(OC(=O)/C(=C/c1ccc(Cl)cc1)c1ccc(F)cc1)C(=O)c1ccc(C(C)(C)C)cc1. The quantitative estimate of drug-likeness (QED) is 0.168. The van der Waals surface area contributed by atoms with Gasteiger partial charge in [0.05, 0.1) is 5.57 Å². The van der Waals surface area contributed by atoms with Gasteiger partial charge in [0.15, 0.2) is 6.10 Å². The fraction of sp³-hybridized carbons (Fsp3) is 0.214. The largest absolute Gasteiger partial charge is 0.451 e. The van der Waals surface area contributed by atoms with Crippen LogP contribution in [0.2, 0.25) is 5.02 Å². The van der Waals surface area contributed by atoms with Crippen LogP contribution in [-0.4, -0.2) is 17.9 Å². The standard InChI is InChI=1S/C28H26ClFO3/c1-18(26(31)21-7-11-22(12-8-21)28(2,3)4)33-27(32)25(20-9-15-24(30)16-10-20)17-19-5-13-23(29)14-6-19/h5-18H,1-4H3/b25-17+. The third kappa shape index (κ3) is 6.39. The van der Waals surface area contributed by atoms with Crippen molar-refractivity contribution in [2.24, 2.45) is 0 Å². The van der Waals surface area contributed by atoms with E-state index in [-0.39, 0.29) is 16.8 Å². The average Bonchev–Trinajstić information content (AvgIpc) is 2.78. The molecule has 0 aliphatic heterocycles. The van der Waals surface area contributed by atoms with Crippen LogP contribution < -0.4 is 0 Å². The number of Topliss-reactive ketones (excluding diaryl/α,β-unsaturated/α-hetero) is 1. The van der Waals surface area contributed by atoms with E-state index in [1.807, 2.05) is 12.1 Å². The van der Waals surface area contributed by atoms with E-state index in [1.54, 1.807) is 49.4 Å². The molecule has 0 amide bonds. The fourth-order valence-electron chi connectivity index (χ4n) is 3.26. The van der Waals surface area contributed by atoms with E-state index >= 15 is 0 Å². The van der Waals surface area contributed by atoms with E-state index in [1.165, 1.54) is 24.3 Å². The van der Waals surface area contributed by atoms with Gasteiger partial charge in [-0.05, 0) is 59.4 Å². The number of esters is 1. The highest BCUT2D eigenvalue weighted by Gasteiger charge is 2.23. The number of hydrogen-bond acceptors (Lipinski definition) is 3. The van der Waals surface area contributed by atoms with E-state index in [0.717, 1.165) is 5.56 Å². The Kier molecular flexibility index (Phi) is 7.50. The number of rotatable bonds is 6. The molecule has 3 rings (SSSR count). The number of halogens is 2.